The van der Waals surface area contributed by atoms with Crippen molar-refractivity contribution in [3.05, 3.63) is 57.5 Å². The minimum Gasteiger partial charge on any atom is -0.469 e. The molecule has 0 spiro atoms. The summed E-state index contributed by atoms with van der Waals surface area (Å²) in [6, 6.07) is 7.96. The second-order valence-electron chi connectivity index (χ2n) is 4.86. The van der Waals surface area contributed by atoms with E-state index < -0.39 is 0 Å². The Bertz CT molecular complexity index is 565. The summed E-state index contributed by atoms with van der Waals surface area (Å²) in [5.74, 6) is 0.941. The standard InChI is InChI=1S/C16H19Cl2NO/c1-3-8-19-15(13-7-9-20-11(13)2)10-12-5-4-6-14(17)16(12)18/h4-7,9,15,19H,3,8,10H2,1-2H3. The Morgan fingerprint density at radius 2 is 2.05 bits per heavy atom. The summed E-state index contributed by atoms with van der Waals surface area (Å²) in [7, 11) is 0. The summed E-state index contributed by atoms with van der Waals surface area (Å²) in [5.41, 5.74) is 2.22. The lowest BCUT2D eigenvalue weighted by molar-refractivity contribution is 0.494. The molecule has 1 unspecified atom stereocenters. The molecule has 4 heteroatoms. The molecule has 0 bridgehead atoms. The van der Waals surface area contributed by atoms with Gasteiger partial charge in [-0.1, -0.05) is 42.3 Å². The van der Waals surface area contributed by atoms with Crippen LogP contribution >= 0.6 is 23.2 Å². The van der Waals surface area contributed by atoms with Crippen LogP contribution in [0.2, 0.25) is 10.0 Å². The molecule has 1 aromatic heterocycles. The van der Waals surface area contributed by atoms with Crippen molar-refractivity contribution < 1.29 is 4.42 Å². The number of nitrogens with one attached hydrogen (secondary N) is 1. The van der Waals surface area contributed by atoms with Gasteiger partial charge in [0.25, 0.3) is 0 Å². The summed E-state index contributed by atoms with van der Waals surface area (Å²) in [6.07, 6.45) is 3.60. The largest absolute Gasteiger partial charge is 0.469 e. The first-order valence-electron chi connectivity index (χ1n) is 6.83. The fourth-order valence-electron chi connectivity index (χ4n) is 2.29. The molecule has 0 aliphatic carbocycles. The van der Waals surface area contributed by atoms with Crippen molar-refractivity contribution in [2.24, 2.45) is 0 Å². The quantitative estimate of drug-likeness (QED) is 0.795. The third-order valence-electron chi connectivity index (χ3n) is 3.37. The van der Waals surface area contributed by atoms with E-state index in [1.165, 1.54) is 5.56 Å². The zero-order valence-corrected chi connectivity index (χ0v) is 13.3. The second kappa shape index (κ2) is 7.16. The van der Waals surface area contributed by atoms with E-state index in [0.29, 0.717) is 10.0 Å². The zero-order valence-electron chi connectivity index (χ0n) is 11.7. The fourth-order valence-corrected chi connectivity index (χ4v) is 2.69. The maximum atomic E-state index is 6.29. The normalized spacial score (nSPS) is 12.6. The highest BCUT2D eigenvalue weighted by Gasteiger charge is 2.17. The van der Waals surface area contributed by atoms with Crippen LogP contribution in [-0.4, -0.2) is 6.54 Å². The average Bonchev–Trinajstić information content (AvgIpc) is 2.85. The third-order valence-corrected chi connectivity index (χ3v) is 4.23. The monoisotopic (exact) mass is 311 g/mol. The van der Waals surface area contributed by atoms with E-state index >= 15 is 0 Å². The summed E-state index contributed by atoms with van der Waals surface area (Å²) >= 11 is 12.4. The van der Waals surface area contributed by atoms with E-state index in [-0.39, 0.29) is 6.04 Å². The zero-order chi connectivity index (χ0) is 14.5. The van der Waals surface area contributed by atoms with Gasteiger partial charge < -0.3 is 9.73 Å². The van der Waals surface area contributed by atoms with E-state index in [4.69, 9.17) is 27.6 Å². The molecule has 1 heterocycles. The predicted molar refractivity (Wildman–Crippen MR) is 84.6 cm³/mol. The van der Waals surface area contributed by atoms with Crippen molar-refractivity contribution in [1.29, 1.82) is 0 Å². The first-order chi connectivity index (χ1) is 9.63. The Hall–Kier alpha value is -0.960. The molecule has 0 saturated heterocycles. The van der Waals surface area contributed by atoms with Crippen molar-refractivity contribution in [2.45, 2.75) is 32.7 Å². The van der Waals surface area contributed by atoms with Crippen molar-refractivity contribution in [3.63, 3.8) is 0 Å². The average molecular weight is 312 g/mol. The Morgan fingerprint density at radius 1 is 1.25 bits per heavy atom. The van der Waals surface area contributed by atoms with Gasteiger partial charge in [-0.2, -0.15) is 0 Å². The molecule has 0 radical (unpaired) electrons. The maximum absolute atomic E-state index is 6.29. The van der Waals surface area contributed by atoms with E-state index in [9.17, 15) is 0 Å². The molecule has 0 amide bonds. The molecule has 2 nitrogen and oxygen atoms in total. The van der Waals surface area contributed by atoms with Gasteiger partial charge in [0.2, 0.25) is 0 Å². The Balaban J connectivity index is 2.24. The summed E-state index contributed by atoms with van der Waals surface area (Å²) < 4.78 is 5.42. The van der Waals surface area contributed by atoms with Crippen molar-refractivity contribution in [3.8, 4) is 0 Å². The van der Waals surface area contributed by atoms with Crippen LogP contribution < -0.4 is 5.32 Å². The molecule has 108 valence electrons. The maximum Gasteiger partial charge on any atom is 0.105 e. The van der Waals surface area contributed by atoms with Gasteiger partial charge in [-0.05, 0) is 44.0 Å². The van der Waals surface area contributed by atoms with Crippen LogP contribution in [0, 0.1) is 6.92 Å². The number of benzene rings is 1. The molecule has 2 rings (SSSR count). The van der Waals surface area contributed by atoms with E-state index in [0.717, 1.165) is 30.7 Å². The molecule has 1 N–H and O–H groups in total. The number of halogens is 2. The highest BCUT2D eigenvalue weighted by Crippen LogP contribution is 2.30. The third kappa shape index (κ3) is 3.57. The Morgan fingerprint density at radius 3 is 2.70 bits per heavy atom. The molecule has 0 fully saturated rings. The number of furan rings is 1. The molecule has 20 heavy (non-hydrogen) atoms. The molecule has 1 aromatic carbocycles. The first kappa shape index (κ1) is 15.4. The number of aryl methyl sites for hydroxylation is 1. The van der Waals surface area contributed by atoms with E-state index in [1.807, 2.05) is 31.2 Å². The van der Waals surface area contributed by atoms with Gasteiger partial charge in [0, 0.05) is 11.6 Å². The number of hydrogen-bond acceptors (Lipinski definition) is 2. The SMILES string of the molecule is CCCNC(Cc1cccc(Cl)c1Cl)c1ccoc1C. The Kier molecular flexibility index (Phi) is 5.53. The van der Waals surface area contributed by atoms with E-state index in [1.54, 1.807) is 6.26 Å². The van der Waals surface area contributed by atoms with E-state index in [2.05, 4.69) is 12.2 Å². The molecule has 0 aliphatic heterocycles. The van der Waals surface area contributed by atoms with Crippen LogP contribution in [0.1, 0.15) is 36.3 Å². The topological polar surface area (TPSA) is 25.2 Å². The van der Waals surface area contributed by atoms with Gasteiger partial charge >= 0.3 is 0 Å². The van der Waals surface area contributed by atoms with Crippen molar-refractivity contribution >= 4 is 23.2 Å². The number of hydrogen-bond donors (Lipinski definition) is 1. The second-order valence-corrected chi connectivity index (χ2v) is 5.64. The van der Waals surface area contributed by atoms with Crippen LogP contribution in [0.25, 0.3) is 0 Å². The molecule has 0 aliphatic rings. The van der Waals surface area contributed by atoms with Crippen LogP contribution in [0.3, 0.4) is 0 Å². The number of rotatable bonds is 6. The first-order valence-corrected chi connectivity index (χ1v) is 7.59. The smallest absolute Gasteiger partial charge is 0.105 e. The lowest BCUT2D eigenvalue weighted by Gasteiger charge is -2.19. The van der Waals surface area contributed by atoms with Crippen LogP contribution in [-0.2, 0) is 6.42 Å². The van der Waals surface area contributed by atoms with Crippen LogP contribution in [0.5, 0.6) is 0 Å². The fraction of sp³-hybridized carbons (Fsp3) is 0.375. The summed E-state index contributed by atoms with van der Waals surface area (Å²) in [6.45, 7) is 5.08. The molecule has 0 saturated carbocycles. The minimum absolute atomic E-state index is 0.185. The van der Waals surface area contributed by atoms with Crippen LogP contribution in [0.15, 0.2) is 34.9 Å². The van der Waals surface area contributed by atoms with Crippen molar-refractivity contribution in [1.82, 2.24) is 5.32 Å². The summed E-state index contributed by atoms with van der Waals surface area (Å²) in [4.78, 5) is 0. The minimum atomic E-state index is 0.185. The van der Waals surface area contributed by atoms with Gasteiger partial charge in [-0.3, -0.25) is 0 Å². The molecular weight excluding hydrogens is 293 g/mol. The molecule has 2 aromatic rings. The Labute approximate surface area is 130 Å². The molecular formula is C16H19Cl2NO. The summed E-state index contributed by atoms with van der Waals surface area (Å²) in [5, 5.41) is 4.78. The van der Waals surface area contributed by atoms with Gasteiger partial charge in [-0.25, -0.2) is 0 Å². The van der Waals surface area contributed by atoms with Crippen LogP contribution in [0.4, 0.5) is 0 Å². The van der Waals surface area contributed by atoms with Gasteiger partial charge in [0.1, 0.15) is 5.76 Å². The van der Waals surface area contributed by atoms with Gasteiger partial charge in [0.05, 0.1) is 16.3 Å². The predicted octanol–water partition coefficient (Wildman–Crippen LogP) is 5.18. The lowest BCUT2D eigenvalue weighted by Crippen LogP contribution is -2.24. The highest BCUT2D eigenvalue weighted by atomic mass is 35.5. The lowest BCUT2D eigenvalue weighted by atomic mass is 9.99. The highest BCUT2D eigenvalue weighted by molar-refractivity contribution is 6.42. The van der Waals surface area contributed by atoms with Gasteiger partial charge in [0.15, 0.2) is 0 Å². The van der Waals surface area contributed by atoms with Gasteiger partial charge in [-0.15, -0.1) is 0 Å². The molecule has 1 atom stereocenters. The van der Waals surface area contributed by atoms with Crippen molar-refractivity contribution in [2.75, 3.05) is 6.54 Å².